The van der Waals surface area contributed by atoms with Crippen LogP contribution in [0.15, 0.2) is 40.6 Å². The van der Waals surface area contributed by atoms with E-state index < -0.39 is 10.0 Å². The summed E-state index contributed by atoms with van der Waals surface area (Å²) in [6, 6.07) is 9.06. The van der Waals surface area contributed by atoms with Crippen molar-refractivity contribution in [3.63, 3.8) is 0 Å². The Morgan fingerprint density at radius 1 is 1.25 bits per heavy atom. The summed E-state index contributed by atoms with van der Waals surface area (Å²) in [6.07, 6.45) is 0. The normalized spacial score (nSPS) is 13.2. The molecule has 20 heavy (non-hydrogen) atoms. The number of anilines is 1. The molecule has 1 atom stereocenters. The maximum atomic E-state index is 11.8. The molecule has 0 saturated carbocycles. The zero-order valence-corrected chi connectivity index (χ0v) is 13.3. The molecule has 0 amide bonds. The SMILES string of the molecule is CNS(=O)(=O)c1cccc(NC(C)c2sccc2C)c1. The van der Waals surface area contributed by atoms with Crippen molar-refractivity contribution in [3.05, 3.63) is 46.2 Å². The summed E-state index contributed by atoms with van der Waals surface area (Å²) in [5.41, 5.74) is 2.04. The summed E-state index contributed by atoms with van der Waals surface area (Å²) in [6.45, 7) is 4.14. The number of rotatable bonds is 5. The highest BCUT2D eigenvalue weighted by Crippen LogP contribution is 2.27. The van der Waals surface area contributed by atoms with Gasteiger partial charge in [0, 0.05) is 10.6 Å². The first-order valence-electron chi connectivity index (χ1n) is 6.28. The van der Waals surface area contributed by atoms with E-state index in [2.05, 4.69) is 35.3 Å². The molecule has 108 valence electrons. The molecule has 0 aliphatic rings. The fourth-order valence-corrected chi connectivity index (χ4v) is 3.73. The van der Waals surface area contributed by atoms with E-state index >= 15 is 0 Å². The number of hydrogen-bond acceptors (Lipinski definition) is 4. The van der Waals surface area contributed by atoms with Crippen molar-refractivity contribution in [2.75, 3.05) is 12.4 Å². The van der Waals surface area contributed by atoms with Gasteiger partial charge in [-0.1, -0.05) is 6.07 Å². The molecule has 1 aromatic carbocycles. The van der Waals surface area contributed by atoms with Crippen LogP contribution in [0.1, 0.15) is 23.4 Å². The average molecular weight is 310 g/mol. The lowest BCUT2D eigenvalue weighted by molar-refractivity contribution is 0.588. The van der Waals surface area contributed by atoms with E-state index in [0.717, 1.165) is 5.69 Å². The van der Waals surface area contributed by atoms with Crippen LogP contribution in [0, 0.1) is 6.92 Å². The van der Waals surface area contributed by atoms with Crippen molar-refractivity contribution in [1.29, 1.82) is 0 Å². The molecule has 0 spiro atoms. The minimum absolute atomic E-state index is 0.141. The first-order valence-corrected chi connectivity index (χ1v) is 8.64. The topological polar surface area (TPSA) is 58.2 Å². The molecular formula is C14H18N2O2S2. The van der Waals surface area contributed by atoms with Gasteiger partial charge in [-0.05, 0) is 56.1 Å². The third kappa shape index (κ3) is 3.20. The van der Waals surface area contributed by atoms with Crippen molar-refractivity contribution in [2.45, 2.75) is 24.8 Å². The predicted molar refractivity (Wildman–Crippen MR) is 83.8 cm³/mol. The number of nitrogens with one attached hydrogen (secondary N) is 2. The summed E-state index contributed by atoms with van der Waals surface area (Å²) >= 11 is 1.70. The number of hydrogen-bond donors (Lipinski definition) is 2. The largest absolute Gasteiger partial charge is 0.378 e. The van der Waals surface area contributed by atoms with Crippen molar-refractivity contribution < 1.29 is 8.42 Å². The summed E-state index contributed by atoms with van der Waals surface area (Å²) in [7, 11) is -2.00. The molecule has 1 heterocycles. The molecule has 1 unspecified atom stereocenters. The first kappa shape index (κ1) is 15.0. The third-order valence-corrected chi connectivity index (χ3v) is 5.70. The van der Waals surface area contributed by atoms with Crippen molar-refractivity contribution in [2.24, 2.45) is 0 Å². The van der Waals surface area contributed by atoms with Crippen LogP contribution in [0.3, 0.4) is 0 Å². The Labute approximate surface area is 123 Å². The maximum Gasteiger partial charge on any atom is 0.240 e. The van der Waals surface area contributed by atoms with Crippen LogP contribution in [0.25, 0.3) is 0 Å². The van der Waals surface area contributed by atoms with E-state index in [1.165, 1.54) is 17.5 Å². The van der Waals surface area contributed by atoms with Gasteiger partial charge in [0.05, 0.1) is 10.9 Å². The second-order valence-corrected chi connectivity index (χ2v) is 7.40. The first-order chi connectivity index (χ1) is 9.44. The standard InChI is InChI=1S/C14H18N2O2S2/c1-10-7-8-19-14(10)11(2)16-12-5-4-6-13(9-12)20(17,18)15-3/h4-9,11,15-16H,1-3H3. The van der Waals surface area contributed by atoms with Gasteiger partial charge in [0.2, 0.25) is 10.0 Å². The zero-order chi connectivity index (χ0) is 14.8. The molecule has 4 nitrogen and oxygen atoms in total. The average Bonchev–Trinajstić information content (AvgIpc) is 2.85. The van der Waals surface area contributed by atoms with E-state index in [4.69, 9.17) is 0 Å². The van der Waals surface area contributed by atoms with Crippen molar-refractivity contribution in [1.82, 2.24) is 4.72 Å². The molecule has 0 bridgehead atoms. The minimum Gasteiger partial charge on any atom is -0.378 e. The highest BCUT2D eigenvalue weighted by molar-refractivity contribution is 7.89. The molecular weight excluding hydrogens is 292 g/mol. The Hall–Kier alpha value is -1.37. The Morgan fingerprint density at radius 2 is 2.00 bits per heavy atom. The highest BCUT2D eigenvalue weighted by Gasteiger charge is 2.13. The van der Waals surface area contributed by atoms with Gasteiger partial charge in [-0.2, -0.15) is 0 Å². The van der Waals surface area contributed by atoms with E-state index in [9.17, 15) is 8.42 Å². The number of sulfonamides is 1. The van der Waals surface area contributed by atoms with Gasteiger partial charge in [-0.25, -0.2) is 13.1 Å². The van der Waals surface area contributed by atoms with Crippen LogP contribution in [-0.4, -0.2) is 15.5 Å². The summed E-state index contributed by atoms with van der Waals surface area (Å²) in [4.78, 5) is 1.52. The van der Waals surface area contributed by atoms with Crippen molar-refractivity contribution in [3.8, 4) is 0 Å². The molecule has 0 aliphatic heterocycles. The molecule has 0 aliphatic carbocycles. The molecule has 6 heteroatoms. The van der Waals surface area contributed by atoms with Crippen LogP contribution in [0.4, 0.5) is 5.69 Å². The Balaban J connectivity index is 2.23. The Bertz CT molecular complexity index is 693. The Morgan fingerprint density at radius 3 is 2.60 bits per heavy atom. The lowest BCUT2D eigenvalue weighted by Crippen LogP contribution is -2.18. The Kier molecular flexibility index (Phi) is 4.47. The fraction of sp³-hybridized carbons (Fsp3) is 0.286. The van der Waals surface area contributed by atoms with Crippen LogP contribution in [0.5, 0.6) is 0 Å². The quantitative estimate of drug-likeness (QED) is 0.892. The maximum absolute atomic E-state index is 11.8. The lowest BCUT2D eigenvalue weighted by atomic mass is 10.2. The molecule has 0 fully saturated rings. The van der Waals surface area contributed by atoms with Gasteiger partial charge in [-0.3, -0.25) is 0 Å². The van der Waals surface area contributed by atoms with E-state index in [1.54, 1.807) is 29.5 Å². The smallest absolute Gasteiger partial charge is 0.240 e. The summed E-state index contributed by atoms with van der Waals surface area (Å²) in [5, 5.41) is 5.40. The van der Waals surface area contributed by atoms with Gasteiger partial charge in [-0.15, -0.1) is 11.3 Å². The molecule has 2 rings (SSSR count). The summed E-state index contributed by atoms with van der Waals surface area (Å²) < 4.78 is 25.9. The lowest BCUT2D eigenvalue weighted by Gasteiger charge is -2.15. The van der Waals surface area contributed by atoms with Gasteiger partial charge >= 0.3 is 0 Å². The molecule has 2 N–H and O–H groups in total. The van der Waals surface area contributed by atoms with E-state index in [-0.39, 0.29) is 10.9 Å². The number of aryl methyl sites for hydroxylation is 1. The van der Waals surface area contributed by atoms with Crippen LogP contribution < -0.4 is 10.0 Å². The monoisotopic (exact) mass is 310 g/mol. The van der Waals surface area contributed by atoms with Gasteiger partial charge in [0.15, 0.2) is 0 Å². The molecule has 2 aromatic rings. The second-order valence-electron chi connectivity index (χ2n) is 4.57. The van der Waals surface area contributed by atoms with Crippen molar-refractivity contribution >= 4 is 27.0 Å². The zero-order valence-electron chi connectivity index (χ0n) is 11.7. The predicted octanol–water partition coefficient (Wildman–Crippen LogP) is 3.14. The minimum atomic E-state index is -3.41. The van der Waals surface area contributed by atoms with Gasteiger partial charge in [0.1, 0.15) is 0 Å². The van der Waals surface area contributed by atoms with E-state index in [1.807, 2.05) is 6.07 Å². The number of thiophene rings is 1. The molecule has 0 radical (unpaired) electrons. The second kappa shape index (κ2) is 5.95. The fourth-order valence-electron chi connectivity index (χ4n) is 2.01. The molecule has 0 saturated heterocycles. The van der Waals surface area contributed by atoms with E-state index in [0.29, 0.717) is 0 Å². The van der Waals surface area contributed by atoms with Crippen LogP contribution in [-0.2, 0) is 10.0 Å². The molecule has 1 aromatic heterocycles. The summed E-state index contributed by atoms with van der Waals surface area (Å²) in [5.74, 6) is 0. The number of benzene rings is 1. The third-order valence-electron chi connectivity index (χ3n) is 3.09. The van der Waals surface area contributed by atoms with Crippen LogP contribution in [0.2, 0.25) is 0 Å². The van der Waals surface area contributed by atoms with Gasteiger partial charge < -0.3 is 5.32 Å². The van der Waals surface area contributed by atoms with Crippen LogP contribution >= 0.6 is 11.3 Å². The highest BCUT2D eigenvalue weighted by atomic mass is 32.2. The van der Waals surface area contributed by atoms with Gasteiger partial charge in [0.25, 0.3) is 0 Å².